The highest BCUT2D eigenvalue weighted by Crippen LogP contribution is 2.28. The molecule has 7 heteroatoms. The Balaban J connectivity index is 2.18. The summed E-state index contributed by atoms with van der Waals surface area (Å²) in [6, 6.07) is 0. The van der Waals surface area contributed by atoms with Gasteiger partial charge in [-0.2, -0.15) is 0 Å². The molecule has 1 atom stereocenters. The van der Waals surface area contributed by atoms with Crippen molar-refractivity contribution < 1.29 is 28.8 Å². The van der Waals surface area contributed by atoms with Gasteiger partial charge in [0.2, 0.25) is 5.90 Å². The molecule has 0 fully saturated rings. The first-order valence-corrected chi connectivity index (χ1v) is 8.95. The van der Waals surface area contributed by atoms with E-state index >= 15 is 0 Å². The summed E-state index contributed by atoms with van der Waals surface area (Å²) in [5.74, 6) is 0.535. The predicted molar refractivity (Wildman–Crippen MR) is 100 cm³/mol. The molecule has 0 aliphatic carbocycles. The second-order valence-electron chi connectivity index (χ2n) is 6.71. The first-order chi connectivity index (χ1) is 12.5. The fraction of sp³-hybridized carbons (Fsp3) is 0.737. The van der Waals surface area contributed by atoms with E-state index in [1.165, 1.54) is 0 Å². The number of aliphatic hydroxyl groups excluding tert-OH is 1. The summed E-state index contributed by atoms with van der Waals surface area (Å²) in [6.45, 7) is 9.62. The second-order valence-corrected chi connectivity index (χ2v) is 6.71. The van der Waals surface area contributed by atoms with Crippen molar-refractivity contribution in [2.75, 3.05) is 60.0 Å². The molecule has 0 aromatic heterocycles. The highest BCUT2D eigenvalue weighted by atomic mass is 16.6. The Morgan fingerprint density at radius 1 is 0.923 bits per heavy atom. The van der Waals surface area contributed by atoms with Crippen molar-refractivity contribution in [2.45, 2.75) is 27.0 Å². The molecule has 0 spiro atoms. The van der Waals surface area contributed by atoms with Crippen LogP contribution in [0.2, 0.25) is 0 Å². The first kappa shape index (κ1) is 22.8. The van der Waals surface area contributed by atoms with Gasteiger partial charge < -0.3 is 28.8 Å². The van der Waals surface area contributed by atoms with Gasteiger partial charge in [0.1, 0.15) is 6.61 Å². The molecule has 1 aliphatic rings. The minimum Gasteiger partial charge on any atom is -0.475 e. The molecule has 0 bridgehead atoms. The zero-order valence-corrected chi connectivity index (χ0v) is 16.4. The Labute approximate surface area is 156 Å². The predicted octanol–water partition coefficient (Wildman–Crippen LogP) is 1.96. The molecule has 1 rings (SSSR count). The normalized spacial score (nSPS) is 17.7. The van der Waals surface area contributed by atoms with Crippen LogP contribution in [0.5, 0.6) is 0 Å². The molecule has 1 unspecified atom stereocenters. The smallest absolute Gasteiger partial charge is 0.211 e. The SMILES string of the molecule is COC1C=C(C(C)(C)C)C=CC(OCCOCCOCCOCCO)=N1. The van der Waals surface area contributed by atoms with Crippen LogP contribution in [0.1, 0.15) is 20.8 Å². The van der Waals surface area contributed by atoms with Gasteiger partial charge in [0, 0.05) is 13.2 Å². The summed E-state index contributed by atoms with van der Waals surface area (Å²) in [5.41, 5.74) is 1.17. The van der Waals surface area contributed by atoms with Gasteiger partial charge in [-0.05, 0) is 17.1 Å². The van der Waals surface area contributed by atoms with E-state index < -0.39 is 0 Å². The summed E-state index contributed by atoms with van der Waals surface area (Å²) in [6.07, 6.45) is 5.54. The molecule has 0 saturated carbocycles. The van der Waals surface area contributed by atoms with Crippen molar-refractivity contribution in [3.05, 3.63) is 23.8 Å². The summed E-state index contributed by atoms with van der Waals surface area (Å²) in [4.78, 5) is 4.44. The number of rotatable bonds is 12. The average Bonchev–Trinajstić information content (AvgIpc) is 2.82. The molecule has 0 aromatic carbocycles. The number of nitrogens with zero attached hydrogens (tertiary/aromatic N) is 1. The molecule has 150 valence electrons. The molecule has 0 amide bonds. The van der Waals surface area contributed by atoms with E-state index in [0.29, 0.717) is 52.1 Å². The zero-order chi connectivity index (χ0) is 19.3. The summed E-state index contributed by atoms with van der Waals surface area (Å²) in [7, 11) is 1.63. The van der Waals surface area contributed by atoms with Crippen molar-refractivity contribution in [3.8, 4) is 0 Å². The third-order valence-corrected chi connectivity index (χ3v) is 3.55. The molecule has 1 aliphatic heterocycles. The average molecular weight is 371 g/mol. The van der Waals surface area contributed by atoms with E-state index in [4.69, 9.17) is 28.8 Å². The molecule has 0 saturated heterocycles. The van der Waals surface area contributed by atoms with Crippen LogP contribution in [0.4, 0.5) is 0 Å². The van der Waals surface area contributed by atoms with E-state index in [1.54, 1.807) is 7.11 Å². The lowest BCUT2D eigenvalue weighted by Crippen LogP contribution is -2.15. The fourth-order valence-electron chi connectivity index (χ4n) is 2.09. The van der Waals surface area contributed by atoms with Crippen LogP contribution < -0.4 is 0 Å². The van der Waals surface area contributed by atoms with Crippen molar-refractivity contribution in [2.24, 2.45) is 10.4 Å². The number of hydrogen-bond acceptors (Lipinski definition) is 7. The largest absolute Gasteiger partial charge is 0.475 e. The van der Waals surface area contributed by atoms with Gasteiger partial charge in [-0.1, -0.05) is 26.8 Å². The van der Waals surface area contributed by atoms with E-state index in [-0.39, 0.29) is 18.2 Å². The van der Waals surface area contributed by atoms with Gasteiger partial charge in [-0.25, -0.2) is 4.99 Å². The maximum atomic E-state index is 8.56. The summed E-state index contributed by atoms with van der Waals surface area (Å²) < 4.78 is 26.9. The molecule has 0 aromatic rings. The number of allylic oxidation sites excluding steroid dienone is 2. The summed E-state index contributed by atoms with van der Waals surface area (Å²) in [5, 5.41) is 8.56. The summed E-state index contributed by atoms with van der Waals surface area (Å²) >= 11 is 0. The van der Waals surface area contributed by atoms with E-state index in [2.05, 4.69) is 25.8 Å². The first-order valence-electron chi connectivity index (χ1n) is 8.95. The third-order valence-electron chi connectivity index (χ3n) is 3.55. The van der Waals surface area contributed by atoms with Crippen LogP contribution >= 0.6 is 0 Å². The standard InChI is InChI=1S/C19H33NO6/c1-19(2,3)16-5-6-17(20-18(15-16)22-4)26-14-13-25-12-11-24-10-9-23-8-7-21/h5-6,15,18,21H,7-14H2,1-4H3. The maximum Gasteiger partial charge on any atom is 0.211 e. The van der Waals surface area contributed by atoms with Crippen LogP contribution in [0.15, 0.2) is 28.8 Å². The molecule has 1 heterocycles. The van der Waals surface area contributed by atoms with Crippen molar-refractivity contribution >= 4 is 5.90 Å². The fourth-order valence-corrected chi connectivity index (χ4v) is 2.09. The Hall–Kier alpha value is -1.25. The van der Waals surface area contributed by atoms with Crippen LogP contribution in [0, 0.1) is 5.41 Å². The number of ether oxygens (including phenoxy) is 5. The van der Waals surface area contributed by atoms with Crippen LogP contribution in [0.25, 0.3) is 0 Å². The Morgan fingerprint density at radius 3 is 2.04 bits per heavy atom. The highest BCUT2D eigenvalue weighted by molar-refractivity contribution is 5.88. The topological polar surface area (TPSA) is 78.7 Å². The lowest BCUT2D eigenvalue weighted by molar-refractivity contribution is 0.00300. The minimum atomic E-state index is -0.350. The molecule has 0 radical (unpaired) electrons. The lowest BCUT2D eigenvalue weighted by atomic mass is 9.86. The van der Waals surface area contributed by atoms with Crippen molar-refractivity contribution in [1.82, 2.24) is 0 Å². The van der Waals surface area contributed by atoms with Crippen molar-refractivity contribution in [1.29, 1.82) is 0 Å². The molecular formula is C19H33NO6. The molecular weight excluding hydrogens is 338 g/mol. The van der Waals surface area contributed by atoms with Gasteiger partial charge >= 0.3 is 0 Å². The van der Waals surface area contributed by atoms with Crippen LogP contribution in [-0.4, -0.2) is 77.2 Å². The quantitative estimate of drug-likeness (QED) is 0.529. The number of methoxy groups -OCH3 is 1. The lowest BCUT2D eigenvalue weighted by Gasteiger charge is -2.20. The minimum absolute atomic E-state index is 0.0183. The number of aliphatic hydroxyl groups is 1. The van der Waals surface area contributed by atoms with E-state index in [0.717, 1.165) is 5.57 Å². The maximum absolute atomic E-state index is 8.56. The third kappa shape index (κ3) is 10.0. The monoisotopic (exact) mass is 371 g/mol. The number of hydrogen-bond donors (Lipinski definition) is 1. The van der Waals surface area contributed by atoms with E-state index in [1.807, 2.05) is 18.2 Å². The van der Waals surface area contributed by atoms with Gasteiger partial charge in [0.15, 0.2) is 6.23 Å². The molecule has 1 N–H and O–H groups in total. The second kappa shape index (κ2) is 13.0. The highest BCUT2D eigenvalue weighted by Gasteiger charge is 2.19. The van der Waals surface area contributed by atoms with Gasteiger partial charge in [0.25, 0.3) is 0 Å². The number of aliphatic imine (C=N–C) groups is 1. The molecule has 26 heavy (non-hydrogen) atoms. The van der Waals surface area contributed by atoms with Gasteiger partial charge in [-0.3, -0.25) is 0 Å². The van der Waals surface area contributed by atoms with Crippen LogP contribution in [-0.2, 0) is 23.7 Å². The Morgan fingerprint density at radius 2 is 1.50 bits per heavy atom. The van der Waals surface area contributed by atoms with Gasteiger partial charge in [-0.15, -0.1) is 0 Å². The van der Waals surface area contributed by atoms with Gasteiger partial charge in [0.05, 0.1) is 46.2 Å². The molecule has 7 nitrogen and oxygen atoms in total. The van der Waals surface area contributed by atoms with E-state index in [9.17, 15) is 0 Å². The Bertz CT molecular complexity index is 467. The zero-order valence-electron chi connectivity index (χ0n) is 16.4. The van der Waals surface area contributed by atoms with Crippen LogP contribution in [0.3, 0.4) is 0 Å². The Kier molecular flexibility index (Phi) is 11.4. The van der Waals surface area contributed by atoms with Crippen molar-refractivity contribution in [3.63, 3.8) is 0 Å².